The molecule has 4 fully saturated rings. The molecule has 118 valence electrons. The molecule has 4 saturated carbocycles. The highest BCUT2D eigenvalue weighted by molar-refractivity contribution is 5.67. The highest BCUT2D eigenvalue weighted by atomic mass is 16.6. The first-order valence-electron chi connectivity index (χ1n) is 7.81. The first-order chi connectivity index (χ1) is 10.4. The number of hydrogen-bond donors (Lipinski definition) is 1. The van der Waals surface area contributed by atoms with E-state index in [1.807, 2.05) is 0 Å². The van der Waals surface area contributed by atoms with Gasteiger partial charge in [-0.2, -0.15) is 5.10 Å². The third-order valence-corrected chi connectivity index (χ3v) is 5.94. The van der Waals surface area contributed by atoms with Crippen molar-refractivity contribution < 1.29 is 14.8 Å². The Hall–Kier alpha value is -1.92. The van der Waals surface area contributed by atoms with Crippen LogP contribution in [0.25, 0.3) is 0 Å². The van der Waals surface area contributed by atoms with Gasteiger partial charge in [0.2, 0.25) is 0 Å². The lowest BCUT2D eigenvalue weighted by molar-refractivity contribution is -0.385. The number of aromatic nitrogens is 2. The number of hydrogen-bond acceptors (Lipinski definition) is 4. The average molecular weight is 305 g/mol. The van der Waals surface area contributed by atoms with Crippen molar-refractivity contribution in [1.82, 2.24) is 9.78 Å². The number of rotatable bonds is 4. The van der Waals surface area contributed by atoms with E-state index >= 15 is 0 Å². The van der Waals surface area contributed by atoms with Gasteiger partial charge in [0.05, 0.1) is 16.9 Å². The van der Waals surface area contributed by atoms with Crippen LogP contribution in [-0.4, -0.2) is 25.8 Å². The van der Waals surface area contributed by atoms with E-state index in [0.29, 0.717) is 11.8 Å². The van der Waals surface area contributed by atoms with Gasteiger partial charge in [-0.1, -0.05) is 0 Å². The monoisotopic (exact) mass is 305 g/mol. The van der Waals surface area contributed by atoms with Gasteiger partial charge in [0.25, 0.3) is 0 Å². The molecular formula is C15H19N3O4. The van der Waals surface area contributed by atoms with Crippen LogP contribution in [0.4, 0.5) is 5.69 Å². The van der Waals surface area contributed by atoms with Gasteiger partial charge in [-0.05, 0) is 55.8 Å². The fraction of sp³-hybridized carbons (Fsp3) is 0.733. The van der Waals surface area contributed by atoms with Crippen molar-refractivity contribution in [2.45, 2.75) is 50.5 Å². The van der Waals surface area contributed by atoms with E-state index < -0.39 is 10.9 Å². The summed E-state index contributed by atoms with van der Waals surface area (Å²) in [6, 6.07) is 0. The van der Waals surface area contributed by atoms with Gasteiger partial charge in [0.15, 0.2) is 0 Å². The van der Waals surface area contributed by atoms with Crippen LogP contribution in [0, 0.1) is 27.4 Å². The van der Waals surface area contributed by atoms with E-state index in [2.05, 4.69) is 5.10 Å². The molecule has 22 heavy (non-hydrogen) atoms. The summed E-state index contributed by atoms with van der Waals surface area (Å²) in [5.74, 6) is 0.330. The molecule has 4 aliphatic rings. The van der Waals surface area contributed by atoms with Gasteiger partial charge in [0, 0.05) is 0 Å². The molecule has 4 bridgehead atoms. The fourth-order valence-corrected chi connectivity index (χ4v) is 5.86. The Balaban J connectivity index is 1.71. The molecule has 0 aromatic carbocycles. The van der Waals surface area contributed by atoms with Crippen molar-refractivity contribution in [3.63, 3.8) is 0 Å². The highest BCUT2D eigenvalue weighted by Crippen LogP contribution is 2.65. The third-order valence-electron chi connectivity index (χ3n) is 5.94. The molecule has 0 aliphatic heterocycles. The smallest absolute Gasteiger partial charge is 0.307 e. The molecule has 1 heterocycles. The van der Waals surface area contributed by atoms with E-state index in [-0.39, 0.29) is 23.1 Å². The van der Waals surface area contributed by atoms with Crippen LogP contribution in [0.15, 0.2) is 12.4 Å². The van der Waals surface area contributed by atoms with Crippen molar-refractivity contribution in [3.8, 4) is 0 Å². The van der Waals surface area contributed by atoms with Crippen LogP contribution in [0.2, 0.25) is 0 Å². The van der Waals surface area contributed by atoms with Crippen molar-refractivity contribution in [3.05, 3.63) is 22.5 Å². The maximum atomic E-state index is 11.3. The quantitative estimate of drug-likeness (QED) is 0.681. The minimum absolute atomic E-state index is 0.0167. The maximum absolute atomic E-state index is 11.3. The number of carboxylic acids is 1. The Bertz CT molecular complexity index is 639. The lowest BCUT2D eigenvalue weighted by Crippen LogP contribution is -2.57. The minimum atomic E-state index is -0.733. The van der Waals surface area contributed by atoms with Gasteiger partial charge >= 0.3 is 11.7 Å². The lowest BCUT2D eigenvalue weighted by atomic mass is 9.46. The van der Waals surface area contributed by atoms with Crippen LogP contribution < -0.4 is 0 Å². The molecule has 0 radical (unpaired) electrons. The summed E-state index contributed by atoms with van der Waals surface area (Å²) < 4.78 is 1.78. The molecule has 1 N–H and O–H groups in total. The molecule has 2 atom stereocenters. The molecule has 7 heteroatoms. The second kappa shape index (κ2) is 4.30. The minimum Gasteiger partial charge on any atom is -0.481 e. The first kappa shape index (κ1) is 13.7. The average Bonchev–Trinajstić information content (AvgIpc) is 2.85. The van der Waals surface area contributed by atoms with Crippen LogP contribution in [0.1, 0.15) is 44.9 Å². The Morgan fingerprint density at radius 2 is 2.09 bits per heavy atom. The number of carbonyl (C=O) groups is 1. The van der Waals surface area contributed by atoms with Crippen molar-refractivity contribution in [2.24, 2.45) is 17.3 Å². The molecule has 1 aromatic heterocycles. The predicted molar refractivity (Wildman–Crippen MR) is 76.2 cm³/mol. The first-order valence-corrected chi connectivity index (χ1v) is 7.81. The zero-order valence-electron chi connectivity index (χ0n) is 12.3. The number of carboxylic acid groups (broad SMARTS) is 1. The van der Waals surface area contributed by atoms with Crippen molar-refractivity contribution in [1.29, 1.82) is 0 Å². The van der Waals surface area contributed by atoms with Crippen LogP contribution in [-0.2, 0) is 10.3 Å². The second-order valence-corrected chi connectivity index (χ2v) is 7.66. The van der Waals surface area contributed by atoms with Crippen LogP contribution in [0.3, 0.4) is 0 Å². The molecule has 0 saturated heterocycles. The molecule has 7 nitrogen and oxygen atoms in total. The van der Waals surface area contributed by atoms with Crippen molar-refractivity contribution in [2.75, 3.05) is 0 Å². The Morgan fingerprint density at radius 3 is 2.64 bits per heavy atom. The fourth-order valence-electron chi connectivity index (χ4n) is 5.86. The summed E-state index contributed by atoms with van der Waals surface area (Å²) in [4.78, 5) is 21.8. The zero-order chi connectivity index (χ0) is 15.5. The van der Waals surface area contributed by atoms with Gasteiger partial charge in [0.1, 0.15) is 12.4 Å². The summed E-state index contributed by atoms with van der Waals surface area (Å²) in [5, 5.41) is 24.5. The SMILES string of the molecule is O=C(O)CC12CC3CC(C1)CC(n1cc([N+](=O)[O-])cn1)(C3)C2. The van der Waals surface area contributed by atoms with E-state index in [0.717, 1.165) is 32.1 Å². The Morgan fingerprint density at radius 1 is 1.41 bits per heavy atom. The molecule has 0 spiro atoms. The third kappa shape index (κ3) is 1.94. The lowest BCUT2D eigenvalue weighted by Gasteiger charge is -2.61. The van der Waals surface area contributed by atoms with E-state index in [1.54, 1.807) is 4.68 Å². The normalized spacial score (nSPS) is 39.1. The summed E-state index contributed by atoms with van der Waals surface area (Å²) >= 11 is 0. The number of aliphatic carboxylic acids is 1. The zero-order valence-corrected chi connectivity index (χ0v) is 12.3. The molecule has 0 amide bonds. The van der Waals surface area contributed by atoms with Gasteiger partial charge in [-0.3, -0.25) is 19.6 Å². The van der Waals surface area contributed by atoms with Crippen LogP contribution >= 0.6 is 0 Å². The Kier molecular flexibility index (Phi) is 2.68. The highest BCUT2D eigenvalue weighted by Gasteiger charge is 2.59. The number of nitro groups is 1. The summed E-state index contributed by atoms with van der Waals surface area (Å²) in [5.41, 5.74) is -0.340. The molecular weight excluding hydrogens is 286 g/mol. The van der Waals surface area contributed by atoms with E-state index in [1.165, 1.54) is 18.8 Å². The standard InChI is InChI=1S/C15H19N3O4/c19-13(20)6-14-2-10-1-11(3-14)5-15(4-10,9-14)17-8-12(7-16-17)18(21)22/h7-8,10-11H,1-6,9H2,(H,19,20). The van der Waals surface area contributed by atoms with E-state index in [9.17, 15) is 20.0 Å². The Labute approximate surface area is 127 Å². The maximum Gasteiger partial charge on any atom is 0.307 e. The largest absolute Gasteiger partial charge is 0.481 e. The summed E-state index contributed by atoms with van der Waals surface area (Å²) in [6.07, 6.45) is 8.94. The molecule has 2 unspecified atom stereocenters. The molecule has 1 aromatic rings. The van der Waals surface area contributed by atoms with Crippen LogP contribution in [0.5, 0.6) is 0 Å². The molecule has 4 aliphatic carbocycles. The van der Waals surface area contributed by atoms with E-state index in [4.69, 9.17) is 0 Å². The van der Waals surface area contributed by atoms with Gasteiger partial charge in [-0.15, -0.1) is 0 Å². The van der Waals surface area contributed by atoms with Gasteiger partial charge < -0.3 is 5.11 Å². The topological polar surface area (TPSA) is 98.3 Å². The predicted octanol–water partition coefficient (Wildman–Crippen LogP) is 2.56. The molecule has 5 rings (SSSR count). The summed E-state index contributed by atoms with van der Waals surface area (Å²) in [6.45, 7) is 0. The second-order valence-electron chi connectivity index (χ2n) is 7.66. The van der Waals surface area contributed by atoms with Gasteiger partial charge in [-0.25, -0.2) is 0 Å². The number of nitrogens with zero attached hydrogens (tertiary/aromatic N) is 3. The van der Waals surface area contributed by atoms with Crippen molar-refractivity contribution >= 4 is 11.7 Å². The summed E-state index contributed by atoms with van der Waals surface area (Å²) in [7, 11) is 0.